The van der Waals surface area contributed by atoms with Crippen LogP contribution in [-0.4, -0.2) is 25.7 Å². The average Bonchev–Trinajstić information content (AvgIpc) is 3.31. The number of rotatable bonds is 4. The first-order valence-corrected chi connectivity index (χ1v) is 8.80. The Morgan fingerprint density at radius 3 is 2.69 bits per heavy atom. The molecule has 0 unspecified atom stereocenters. The molecule has 2 N–H and O–H groups in total. The van der Waals surface area contributed by atoms with Crippen LogP contribution < -0.4 is 10.9 Å². The molecule has 0 bridgehead atoms. The predicted octanol–water partition coefficient (Wildman–Crippen LogP) is 2.41. The van der Waals surface area contributed by atoms with Gasteiger partial charge in [0.2, 0.25) is 0 Å². The predicted molar refractivity (Wildman–Crippen MR) is 99.7 cm³/mol. The van der Waals surface area contributed by atoms with Crippen molar-refractivity contribution in [2.75, 3.05) is 0 Å². The van der Waals surface area contributed by atoms with Gasteiger partial charge in [0.05, 0.1) is 23.3 Å². The Kier molecular flexibility index (Phi) is 4.10. The van der Waals surface area contributed by atoms with Gasteiger partial charge in [-0.05, 0) is 25.1 Å². The summed E-state index contributed by atoms with van der Waals surface area (Å²) in [6, 6.07) is 11.0. The van der Waals surface area contributed by atoms with Crippen LogP contribution in [-0.2, 0) is 6.54 Å². The van der Waals surface area contributed by atoms with E-state index >= 15 is 0 Å². The lowest BCUT2D eigenvalue weighted by atomic mass is 10.1. The van der Waals surface area contributed by atoms with Crippen LogP contribution in [0.25, 0.3) is 15.9 Å². The lowest BCUT2D eigenvalue weighted by molar-refractivity contribution is 0.0954. The number of hydrogen-bond acceptors (Lipinski definition) is 5. The molecule has 4 rings (SSSR count). The minimum atomic E-state index is -0.245. The highest BCUT2D eigenvalue weighted by Gasteiger charge is 2.16. The molecule has 0 aliphatic carbocycles. The fourth-order valence-corrected chi connectivity index (χ4v) is 3.67. The minimum absolute atomic E-state index is 0.213. The normalized spacial score (nSPS) is 11.0. The number of aromatic nitrogens is 4. The molecule has 0 fully saturated rings. The molecule has 0 atom stereocenters. The number of nitrogens with zero attached hydrogens (tertiary/aromatic N) is 3. The van der Waals surface area contributed by atoms with Gasteiger partial charge < -0.3 is 9.88 Å². The molecule has 4 aromatic rings. The summed E-state index contributed by atoms with van der Waals surface area (Å²) in [5.74, 6) is -0.213. The van der Waals surface area contributed by atoms with Crippen molar-refractivity contribution in [1.82, 2.24) is 25.1 Å². The first kappa shape index (κ1) is 16.2. The molecule has 3 heterocycles. The molecule has 7 nitrogen and oxygen atoms in total. The zero-order valence-corrected chi connectivity index (χ0v) is 14.7. The molecule has 0 aliphatic heterocycles. The van der Waals surface area contributed by atoms with Crippen LogP contribution in [0, 0.1) is 6.92 Å². The van der Waals surface area contributed by atoms with Crippen LogP contribution in [0.5, 0.6) is 0 Å². The summed E-state index contributed by atoms with van der Waals surface area (Å²) in [5, 5.41) is 11.4. The first-order valence-electron chi connectivity index (χ1n) is 7.99. The van der Waals surface area contributed by atoms with Crippen LogP contribution in [0.1, 0.15) is 21.1 Å². The van der Waals surface area contributed by atoms with Crippen LogP contribution in [0.2, 0.25) is 0 Å². The van der Waals surface area contributed by atoms with Gasteiger partial charge in [0.25, 0.3) is 11.5 Å². The van der Waals surface area contributed by atoms with Crippen LogP contribution in [0.15, 0.2) is 53.6 Å². The smallest absolute Gasteiger partial charge is 0.272 e. The van der Waals surface area contributed by atoms with E-state index in [0.29, 0.717) is 21.7 Å². The number of H-pyrrole nitrogens is 1. The number of nitrogens with one attached hydrogen (secondary N) is 2. The van der Waals surface area contributed by atoms with E-state index in [-0.39, 0.29) is 18.0 Å². The Labute approximate surface area is 152 Å². The van der Waals surface area contributed by atoms with Gasteiger partial charge in [-0.3, -0.25) is 9.59 Å². The highest BCUT2D eigenvalue weighted by molar-refractivity contribution is 7.16. The third kappa shape index (κ3) is 2.91. The number of fused-ring (bicyclic) bond motifs is 1. The molecule has 0 saturated carbocycles. The van der Waals surface area contributed by atoms with E-state index in [4.69, 9.17) is 0 Å². The highest BCUT2D eigenvalue weighted by atomic mass is 32.1. The van der Waals surface area contributed by atoms with Crippen molar-refractivity contribution in [1.29, 1.82) is 0 Å². The van der Waals surface area contributed by atoms with E-state index in [2.05, 4.69) is 20.5 Å². The third-order valence-electron chi connectivity index (χ3n) is 4.01. The summed E-state index contributed by atoms with van der Waals surface area (Å²) in [4.78, 5) is 29.4. The Hall–Kier alpha value is -3.26. The highest BCUT2D eigenvalue weighted by Crippen LogP contribution is 2.22. The molecule has 0 aliphatic rings. The average molecular weight is 365 g/mol. The van der Waals surface area contributed by atoms with Crippen LogP contribution in [0.3, 0.4) is 0 Å². The molecule has 26 heavy (non-hydrogen) atoms. The second kappa shape index (κ2) is 6.57. The standard InChI is InChI=1S/C18H15N5O2S/c1-11-15(26-18(20-11)23-8-4-5-9-23)17(25)19-10-14-12-6-2-3-7-13(12)16(24)22-21-14/h2-9H,10H2,1H3,(H,19,25)(H,22,24). The first-order chi connectivity index (χ1) is 12.6. The van der Waals surface area contributed by atoms with Gasteiger partial charge in [0.15, 0.2) is 5.13 Å². The maximum atomic E-state index is 12.6. The second-order valence-corrected chi connectivity index (χ2v) is 6.71. The monoisotopic (exact) mass is 365 g/mol. The van der Waals surface area contributed by atoms with Gasteiger partial charge in [-0.15, -0.1) is 0 Å². The quantitative estimate of drug-likeness (QED) is 0.581. The number of carbonyl (C=O) groups is 1. The van der Waals surface area contributed by atoms with Crippen molar-refractivity contribution in [3.63, 3.8) is 0 Å². The lowest BCUT2D eigenvalue weighted by Gasteiger charge is -2.06. The Bertz CT molecular complexity index is 1140. The Morgan fingerprint density at radius 2 is 1.92 bits per heavy atom. The van der Waals surface area contributed by atoms with Gasteiger partial charge in [-0.1, -0.05) is 29.5 Å². The molecule has 0 radical (unpaired) electrons. The molecule has 3 aromatic heterocycles. The molecular weight excluding hydrogens is 350 g/mol. The van der Waals surface area contributed by atoms with E-state index in [1.165, 1.54) is 11.3 Å². The maximum Gasteiger partial charge on any atom is 0.272 e. The van der Waals surface area contributed by atoms with E-state index < -0.39 is 0 Å². The molecule has 8 heteroatoms. The van der Waals surface area contributed by atoms with Crippen molar-refractivity contribution in [2.24, 2.45) is 0 Å². The summed E-state index contributed by atoms with van der Waals surface area (Å²) >= 11 is 1.33. The van der Waals surface area contributed by atoms with E-state index in [9.17, 15) is 9.59 Å². The Balaban J connectivity index is 1.57. The number of thiazole rings is 1. The van der Waals surface area contributed by atoms with Crippen LogP contribution >= 0.6 is 11.3 Å². The second-order valence-electron chi connectivity index (χ2n) is 5.73. The summed E-state index contributed by atoms with van der Waals surface area (Å²) < 4.78 is 1.87. The number of hydrogen-bond donors (Lipinski definition) is 2. The van der Waals surface area contributed by atoms with Gasteiger partial charge in [0, 0.05) is 17.8 Å². The number of aryl methyl sites for hydroxylation is 1. The molecule has 1 aromatic carbocycles. The summed E-state index contributed by atoms with van der Waals surface area (Å²) in [6.07, 6.45) is 3.77. The van der Waals surface area contributed by atoms with Gasteiger partial charge in [0.1, 0.15) is 4.88 Å². The minimum Gasteiger partial charge on any atom is -0.346 e. The van der Waals surface area contributed by atoms with E-state index in [0.717, 1.165) is 10.5 Å². The fraction of sp³-hybridized carbons (Fsp3) is 0.111. The fourth-order valence-electron chi connectivity index (χ4n) is 2.72. The number of amides is 1. The van der Waals surface area contributed by atoms with Gasteiger partial charge >= 0.3 is 0 Å². The Morgan fingerprint density at radius 1 is 1.19 bits per heavy atom. The van der Waals surface area contributed by atoms with Crippen molar-refractivity contribution in [3.05, 3.63) is 75.4 Å². The zero-order valence-electron chi connectivity index (χ0n) is 13.9. The molecule has 0 saturated heterocycles. The molecule has 1 amide bonds. The SMILES string of the molecule is Cc1nc(-n2cccc2)sc1C(=O)NCc1n[nH]c(=O)c2ccccc12. The molecule has 130 valence electrons. The maximum absolute atomic E-state index is 12.6. The molecular formula is C18H15N5O2S. The van der Waals surface area contributed by atoms with Crippen molar-refractivity contribution >= 4 is 28.0 Å². The van der Waals surface area contributed by atoms with Gasteiger partial charge in [-0.2, -0.15) is 5.10 Å². The number of aromatic amines is 1. The van der Waals surface area contributed by atoms with Crippen molar-refractivity contribution in [3.8, 4) is 5.13 Å². The summed E-state index contributed by atoms with van der Waals surface area (Å²) in [7, 11) is 0. The zero-order chi connectivity index (χ0) is 18.1. The lowest BCUT2D eigenvalue weighted by Crippen LogP contribution is -2.24. The topological polar surface area (TPSA) is 92.7 Å². The molecule has 0 spiro atoms. The summed E-state index contributed by atoms with van der Waals surface area (Å²) in [6.45, 7) is 2.03. The van der Waals surface area contributed by atoms with Crippen molar-refractivity contribution < 1.29 is 4.79 Å². The van der Waals surface area contributed by atoms with E-state index in [1.54, 1.807) is 12.1 Å². The number of benzene rings is 1. The summed E-state index contributed by atoms with van der Waals surface area (Å²) in [5.41, 5.74) is 1.04. The number of carbonyl (C=O) groups excluding carboxylic acids is 1. The van der Waals surface area contributed by atoms with Gasteiger partial charge in [-0.25, -0.2) is 10.1 Å². The van der Waals surface area contributed by atoms with E-state index in [1.807, 2.05) is 48.1 Å². The third-order valence-corrected chi connectivity index (χ3v) is 5.18. The van der Waals surface area contributed by atoms with Crippen LogP contribution in [0.4, 0.5) is 0 Å². The largest absolute Gasteiger partial charge is 0.346 e. The van der Waals surface area contributed by atoms with Crippen molar-refractivity contribution in [2.45, 2.75) is 13.5 Å².